The van der Waals surface area contributed by atoms with E-state index in [1.54, 1.807) is 46.3 Å². The number of rotatable bonds is 7. The Hall–Kier alpha value is -4.12. The number of likely N-dealkylation sites (tertiary alicyclic amines) is 1. The summed E-state index contributed by atoms with van der Waals surface area (Å²) in [6.07, 6.45) is 6.52. The third-order valence-corrected chi connectivity index (χ3v) is 8.34. The standard InChI is InChI=1S/C29H27BrN6O4/c1-16(37)20-14-35(21-8-7-17(9-19(20)21)18-12-31-28(40-3)32-13-18)15-26(38)36-22(10-29(2)11-23(29)36)27(39)34-25-6-4-5-24(30)33-25/h4-9,12-14,22-23H,10-11,15H2,1-3H3,(H,33,34,39)/t22-,23+,29-/m0/s1. The summed E-state index contributed by atoms with van der Waals surface area (Å²) >= 11 is 3.32. The number of carbonyl (C=O) groups excluding carboxylic acids is 3. The summed E-state index contributed by atoms with van der Waals surface area (Å²) in [5.41, 5.74) is 2.83. The minimum atomic E-state index is -0.590. The summed E-state index contributed by atoms with van der Waals surface area (Å²) in [7, 11) is 1.50. The Morgan fingerprint density at radius 3 is 2.60 bits per heavy atom. The van der Waals surface area contributed by atoms with E-state index in [4.69, 9.17) is 4.74 Å². The van der Waals surface area contributed by atoms with Gasteiger partial charge < -0.3 is 19.5 Å². The fourth-order valence-electron chi connectivity index (χ4n) is 5.73. The van der Waals surface area contributed by atoms with Crippen LogP contribution in [-0.4, -0.2) is 61.2 Å². The molecule has 3 atom stereocenters. The van der Waals surface area contributed by atoms with Gasteiger partial charge in [-0.25, -0.2) is 15.0 Å². The summed E-state index contributed by atoms with van der Waals surface area (Å²) in [6, 6.07) is 10.7. The third-order valence-electron chi connectivity index (χ3n) is 7.90. The average Bonchev–Trinajstić information content (AvgIpc) is 3.30. The number of nitrogens with one attached hydrogen (secondary N) is 1. The highest BCUT2D eigenvalue weighted by molar-refractivity contribution is 9.10. The summed E-state index contributed by atoms with van der Waals surface area (Å²) in [5.74, 6) is -0.0826. The highest BCUT2D eigenvalue weighted by atomic mass is 79.9. The van der Waals surface area contributed by atoms with Gasteiger partial charge in [0.05, 0.1) is 7.11 Å². The lowest BCUT2D eigenvalue weighted by atomic mass is 10.0. The first kappa shape index (κ1) is 26.1. The molecule has 0 radical (unpaired) electrons. The second-order valence-corrected chi connectivity index (χ2v) is 11.5. The summed E-state index contributed by atoms with van der Waals surface area (Å²) in [5, 5.41) is 3.60. The fraction of sp³-hybridized carbons (Fsp3) is 0.310. The van der Waals surface area contributed by atoms with Crippen LogP contribution in [0.25, 0.3) is 22.0 Å². The van der Waals surface area contributed by atoms with Crippen LogP contribution in [0, 0.1) is 5.41 Å². The van der Waals surface area contributed by atoms with Crippen molar-refractivity contribution in [3.8, 4) is 17.1 Å². The summed E-state index contributed by atoms with van der Waals surface area (Å²) < 4.78 is 7.46. The van der Waals surface area contributed by atoms with Crippen LogP contribution < -0.4 is 10.1 Å². The zero-order chi connectivity index (χ0) is 28.2. The average molecular weight is 603 g/mol. The molecule has 2 fully saturated rings. The molecule has 10 nitrogen and oxygen atoms in total. The van der Waals surface area contributed by atoms with Crippen LogP contribution >= 0.6 is 15.9 Å². The number of pyridine rings is 1. The smallest absolute Gasteiger partial charge is 0.316 e. The number of hydrogen-bond donors (Lipinski definition) is 1. The predicted molar refractivity (Wildman–Crippen MR) is 152 cm³/mol. The number of benzene rings is 1. The number of aromatic nitrogens is 4. The van der Waals surface area contributed by atoms with Crippen LogP contribution in [0.2, 0.25) is 0 Å². The SMILES string of the molecule is COc1ncc(-c2ccc3c(c2)c(C(C)=O)cn3CC(=O)N2[C@H](C(=O)Nc3cccc(Br)n3)C[C@@]3(C)C[C@@H]23)cn1. The Morgan fingerprint density at radius 2 is 1.90 bits per heavy atom. The molecule has 3 aromatic heterocycles. The number of nitrogens with zero attached hydrogens (tertiary/aromatic N) is 5. The molecule has 1 aliphatic heterocycles. The number of Topliss-reactive ketones (excluding diaryl/α,β-unsaturated/α-hetero) is 1. The molecular formula is C29H27BrN6O4. The van der Waals surface area contributed by atoms with Crippen LogP contribution in [0.5, 0.6) is 6.01 Å². The van der Waals surface area contributed by atoms with Crippen LogP contribution in [-0.2, 0) is 16.1 Å². The van der Waals surface area contributed by atoms with Crippen molar-refractivity contribution in [1.82, 2.24) is 24.4 Å². The van der Waals surface area contributed by atoms with E-state index in [1.807, 2.05) is 18.2 Å². The van der Waals surface area contributed by atoms with Gasteiger partial charge >= 0.3 is 6.01 Å². The van der Waals surface area contributed by atoms with Crippen molar-refractivity contribution >= 4 is 50.2 Å². The van der Waals surface area contributed by atoms with E-state index in [2.05, 4.69) is 43.1 Å². The number of halogens is 1. The van der Waals surface area contributed by atoms with Crippen molar-refractivity contribution < 1.29 is 19.1 Å². The molecule has 2 amide bonds. The van der Waals surface area contributed by atoms with Gasteiger partial charge in [0.25, 0.3) is 0 Å². The molecule has 40 heavy (non-hydrogen) atoms. The molecule has 0 spiro atoms. The highest BCUT2D eigenvalue weighted by Gasteiger charge is 2.64. The summed E-state index contributed by atoms with van der Waals surface area (Å²) in [4.78, 5) is 54.0. The van der Waals surface area contributed by atoms with Gasteiger partial charge in [-0.2, -0.15) is 0 Å². The number of carbonyl (C=O) groups is 3. The van der Waals surface area contributed by atoms with Gasteiger partial charge in [0, 0.05) is 46.7 Å². The molecule has 1 saturated carbocycles. The van der Waals surface area contributed by atoms with Crippen LogP contribution in [0.4, 0.5) is 5.82 Å². The van der Waals surface area contributed by atoms with Gasteiger partial charge in [0.15, 0.2) is 5.78 Å². The lowest BCUT2D eigenvalue weighted by Crippen LogP contribution is -2.46. The highest BCUT2D eigenvalue weighted by Crippen LogP contribution is 2.59. The predicted octanol–water partition coefficient (Wildman–Crippen LogP) is 4.49. The number of piperidine rings is 1. The third kappa shape index (κ3) is 4.64. The van der Waals surface area contributed by atoms with Gasteiger partial charge in [0.2, 0.25) is 11.8 Å². The van der Waals surface area contributed by atoms with E-state index in [-0.39, 0.29) is 41.6 Å². The van der Waals surface area contributed by atoms with Gasteiger partial charge in [-0.1, -0.05) is 19.1 Å². The normalized spacial score (nSPS) is 21.2. The lowest BCUT2D eigenvalue weighted by molar-refractivity contribution is -0.138. The van der Waals surface area contributed by atoms with Crippen LogP contribution in [0.3, 0.4) is 0 Å². The van der Waals surface area contributed by atoms with Crippen molar-refractivity contribution in [3.63, 3.8) is 0 Å². The molecule has 1 N–H and O–H groups in total. The molecule has 0 bridgehead atoms. The fourth-order valence-corrected chi connectivity index (χ4v) is 6.08. The number of ketones is 1. The van der Waals surface area contributed by atoms with E-state index >= 15 is 0 Å². The molecule has 4 aromatic rings. The lowest BCUT2D eigenvalue weighted by Gasteiger charge is -2.27. The molecule has 1 saturated heterocycles. The minimum Gasteiger partial charge on any atom is -0.467 e. The van der Waals surface area contributed by atoms with E-state index in [0.717, 1.165) is 28.5 Å². The quantitative estimate of drug-likeness (QED) is 0.244. The van der Waals surface area contributed by atoms with Crippen molar-refractivity contribution in [2.24, 2.45) is 5.41 Å². The number of hydrogen-bond acceptors (Lipinski definition) is 7. The number of fused-ring (bicyclic) bond motifs is 2. The first-order chi connectivity index (χ1) is 19.2. The zero-order valence-electron chi connectivity index (χ0n) is 22.2. The Morgan fingerprint density at radius 1 is 1.12 bits per heavy atom. The Bertz CT molecular complexity index is 1670. The molecule has 6 rings (SSSR count). The van der Waals surface area contributed by atoms with E-state index in [1.165, 1.54) is 14.0 Å². The van der Waals surface area contributed by atoms with Crippen molar-refractivity contribution in [1.29, 1.82) is 0 Å². The molecule has 11 heteroatoms. The minimum absolute atomic E-state index is 0.0142. The molecule has 0 unspecified atom stereocenters. The number of amides is 2. The zero-order valence-corrected chi connectivity index (χ0v) is 23.8. The molecule has 2 aliphatic rings. The molecular weight excluding hydrogens is 576 g/mol. The van der Waals surface area contributed by atoms with Crippen molar-refractivity contribution in [2.75, 3.05) is 12.4 Å². The number of anilines is 1. The van der Waals surface area contributed by atoms with Crippen LogP contribution in [0.1, 0.15) is 37.0 Å². The van der Waals surface area contributed by atoms with Gasteiger partial charge in [0.1, 0.15) is 23.0 Å². The molecule has 4 heterocycles. The molecule has 1 aromatic carbocycles. The second-order valence-electron chi connectivity index (χ2n) is 10.6. The van der Waals surface area contributed by atoms with Gasteiger partial charge in [-0.15, -0.1) is 0 Å². The monoisotopic (exact) mass is 602 g/mol. The van der Waals surface area contributed by atoms with E-state index < -0.39 is 6.04 Å². The number of methoxy groups -OCH3 is 1. The van der Waals surface area contributed by atoms with Crippen molar-refractivity contribution in [3.05, 3.63) is 65.2 Å². The second kappa shape index (κ2) is 9.81. The largest absolute Gasteiger partial charge is 0.467 e. The Kier molecular flexibility index (Phi) is 6.41. The van der Waals surface area contributed by atoms with Crippen LogP contribution in [0.15, 0.2) is 59.6 Å². The maximum absolute atomic E-state index is 13.8. The first-order valence-corrected chi connectivity index (χ1v) is 13.7. The van der Waals surface area contributed by atoms with E-state index in [0.29, 0.717) is 22.4 Å². The Labute approximate surface area is 238 Å². The maximum atomic E-state index is 13.8. The van der Waals surface area contributed by atoms with Gasteiger partial charge in [-0.3, -0.25) is 14.4 Å². The van der Waals surface area contributed by atoms with Crippen molar-refractivity contribution in [2.45, 2.75) is 45.3 Å². The van der Waals surface area contributed by atoms with Gasteiger partial charge in [-0.05, 0) is 70.9 Å². The van der Waals surface area contributed by atoms with E-state index in [9.17, 15) is 14.4 Å². The molecule has 1 aliphatic carbocycles. The first-order valence-electron chi connectivity index (χ1n) is 12.9. The topological polar surface area (TPSA) is 119 Å². The molecule has 204 valence electrons. The number of ether oxygens (including phenoxy) is 1. The Balaban J connectivity index is 1.28. The maximum Gasteiger partial charge on any atom is 0.316 e. The summed E-state index contributed by atoms with van der Waals surface area (Å²) in [6.45, 7) is 3.64.